The summed E-state index contributed by atoms with van der Waals surface area (Å²) in [6.45, 7) is 16.3. The summed E-state index contributed by atoms with van der Waals surface area (Å²) in [6, 6.07) is 4.45. The first kappa shape index (κ1) is 25.5. The largest absolute Gasteiger partial charge is 0.497 e. The number of benzene rings is 1. The highest BCUT2D eigenvalue weighted by Crippen LogP contribution is 2.36. The maximum atomic E-state index is 14.6. The van der Waals surface area contributed by atoms with Crippen molar-refractivity contribution in [3.8, 4) is 0 Å². The zero-order valence-corrected chi connectivity index (χ0v) is 21.0. The van der Waals surface area contributed by atoms with Crippen molar-refractivity contribution < 1.29 is 28.0 Å². The van der Waals surface area contributed by atoms with Crippen LogP contribution in [0, 0.1) is 5.82 Å². The maximum Gasteiger partial charge on any atom is 0.497 e. The average Bonchev–Trinajstić information content (AvgIpc) is 2.88. The first-order chi connectivity index (χ1) is 15.1. The van der Waals surface area contributed by atoms with Gasteiger partial charge in [0.2, 0.25) is 5.91 Å². The fraction of sp³-hybridized carbons (Fsp3) is 0.667. The Bertz CT molecular complexity index is 899. The zero-order valence-electron chi connectivity index (χ0n) is 21.0. The van der Waals surface area contributed by atoms with E-state index in [9.17, 15) is 14.0 Å². The number of piperazine rings is 1. The first-order valence-electron chi connectivity index (χ1n) is 11.5. The minimum Gasteiger partial charge on any atom is -0.444 e. The maximum absolute atomic E-state index is 14.6. The fourth-order valence-corrected chi connectivity index (χ4v) is 3.92. The van der Waals surface area contributed by atoms with Gasteiger partial charge in [-0.2, -0.15) is 0 Å². The number of hydrogen-bond acceptors (Lipinski definition) is 5. The van der Waals surface area contributed by atoms with Crippen LogP contribution in [-0.4, -0.2) is 71.4 Å². The van der Waals surface area contributed by atoms with Gasteiger partial charge in [0.1, 0.15) is 11.4 Å². The number of carbonyl (C=O) groups excluding carboxylic acids is 2. The predicted molar refractivity (Wildman–Crippen MR) is 125 cm³/mol. The highest BCUT2D eigenvalue weighted by Gasteiger charge is 2.52. The quantitative estimate of drug-likeness (QED) is 0.646. The van der Waals surface area contributed by atoms with Gasteiger partial charge in [-0.1, -0.05) is 12.1 Å². The Morgan fingerprint density at radius 3 is 2.30 bits per heavy atom. The molecule has 0 N–H and O–H groups in total. The summed E-state index contributed by atoms with van der Waals surface area (Å²) in [5.74, 6) is -0.499. The topological polar surface area (TPSA) is 68.3 Å². The number of rotatable bonds is 3. The molecule has 0 spiro atoms. The number of ether oxygens (including phenoxy) is 1. The van der Waals surface area contributed by atoms with E-state index in [-0.39, 0.29) is 24.5 Å². The van der Waals surface area contributed by atoms with Crippen molar-refractivity contribution >= 4 is 24.6 Å². The third-order valence-corrected chi connectivity index (χ3v) is 6.53. The minimum absolute atomic E-state index is 0.0721. The molecule has 2 heterocycles. The molecule has 2 fully saturated rings. The molecule has 182 valence electrons. The Hall–Kier alpha value is -2.13. The average molecular weight is 462 g/mol. The summed E-state index contributed by atoms with van der Waals surface area (Å²) in [7, 11) is -0.831. The van der Waals surface area contributed by atoms with E-state index in [0.29, 0.717) is 30.7 Å². The lowest BCUT2D eigenvalue weighted by atomic mass is 9.77. The molecular formula is C24H36BFN2O5. The van der Waals surface area contributed by atoms with Crippen LogP contribution in [-0.2, 0) is 25.3 Å². The number of nitrogens with zero attached hydrogens (tertiary/aromatic N) is 2. The molecule has 1 aromatic carbocycles. The van der Waals surface area contributed by atoms with E-state index in [4.69, 9.17) is 14.0 Å². The number of hydrogen-bond donors (Lipinski definition) is 0. The minimum atomic E-state index is -0.831. The molecule has 2 saturated heterocycles. The van der Waals surface area contributed by atoms with Gasteiger partial charge in [-0.15, -0.1) is 0 Å². The number of carbonyl (C=O) groups is 2. The van der Waals surface area contributed by atoms with Gasteiger partial charge in [0.15, 0.2) is 0 Å². The van der Waals surface area contributed by atoms with E-state index in [1.54, 1.807) is 21.9 Å². The van der Waals surface area contributed by atoms with Crippen molar-refractivity contribution in [1.29, 1.82) is 0 Å². The van der Waals surface area contributed by atoms with Crippen molar-refractivity contribution in [2.75, 3.05) is 19.6 Å². The lowest BCUT2D eigenvalue weighted by molar-refractivity contribution is -0.133. The summed E-state index contributed by atoms with van der Waals surface area (Å²) < 4.78 is 32.0. The summed E-state index contributed by atoms with van der Waals surface area (Å²) in [5, 5.41) is 0. The van der Waals surface area contributed by atoms with Crippen molar-refractivity contribution in [1.82, 2.24) is 9.80 Å². The molecule has 0 aliphatic carbocycles. The summed E-state index contributed by atoms with van der Waals surface area (Å²) in [5.41, 5.74) is -0.753. The monoisotopic (exact) mass is 462 g/mol. The van der Waals surface area contributed by atoms with Crippen LogP contribution >= 0.6 is 0 Å². The molecule has 3 rings (SSSR count). The summed E-state index contributed by atoms with van der Waals surface area (Å²) in [6.07, 6.45) is -0.237. The van der Waals surface area contributed by atoms with Crippen LogP contribution in [0.4, 0.5) is 9.18 Å². The van der Waals surface area contributed by atoms with Crippen LogP contribution in [0.25, 0.3) is 0 Å². The predicted octanol–water partition coefficient (Wildman–Crippen LogP) is 3.14. The highest BCUT2D eigenvalue weighted by atomic mass is 19.1. The summed E-state index contributed by atoms with van der Waals surface area (Å²) >= 11 is 0. The van der Waals surface area contributed by atoms with Gasteiger partial charge in [-0.3, -0.25) is 4.79 Å². The molecule has 0 bridgehead atoms. The van der Waals surface area contributed by atoms with Crippen molar-refractivity contribution in [2.24, 2.45) is 0 Å². The van der Waals surface area contributed by atoms with Crippen molar-refractivity contribution in [3.63, 3.8) is 0 Å². The molecule has 0 saturated carbocycles. The van der Waals surface area contributed by atoms with E-state index in [1.807, 2.05) is 55.4 Å². The second kappa shape index (κ2) is 8.91. The van der Waals surface area contributed by atoms with Gasteiger partial charge in [0.05, 0.1) is 17.6 Å². The molecule has 2 aliphatic rings. The molecule has 1 aromatic rings. The zero-order chi connectivity index (χ0) is 24.8. The highest BCUT2D eigenvalue weighted by molar-refractivity contribution is 6.62. The first-order valence-corrected chi connectivity index (χ1v) is 11.5. The molecule has 0 aromatic heterocycles. The van der Waals surface area contributed by atoms with Crippen molar-refractivity contribution in [2.45, 2.75) is 84.7 Å². The molecule has 33 heavy (non-hydrogen) atoms. The second-order valence-corrected chi connectivity index (χ2v) is 11.0. The van der Waals surface area contributed by atoms with Crippen molar-refractivity contribution in [3.05, 3.63) is 29.6 Å². The third-order valence-electron chi connectivity index (χ3n) is 6.53. The molecule has 0 radical (unpaired) electrons. The van der Waals surface area contributed by atoms with Gasteiger partial charge in [-0.05, 0) is 67.0 Å². The Labute approximate surface area is 196 Å². The molecule has 0 unspecified atom stereocenters. The lowest BCUT2D eigenvalue weighted by Gasteiger charge is -2.40. The molecule has 1 atom stereocenters. The number of halogens is 1. The molecule has 9 heteroatoms. The Morgan fingerprint density at radius 2 is 1.76 bits per heavy atom. The van der Waals surface area contributed by atoms with Gasteiger partial charge in [0.25, 0.3) is 0 Å². The lowest BCUT2D eigenvalue weighted by Crippen LogP contribution is -2.56. The molecule has 2 aliphatic heterocycles. The van der Waals surface area contributed by atoms with Crippen LogP contribution in [0.1, 0.15) is 61.0 Å². The third kappa shape index (κ3) is 5.69. The fourth-order valence-electron chi connectivity index (χ4n) is 3.92. The van der Waals surface area contributed by atoms with Gasteiger partial charge in [0, 0.05) is 31.1 Å². The SMILES string of the molecule is C[C@@H]1CN(C(=O)Cc2ccc(F)c(B3OC(C)(C)C(C)(C)O3)c2)CCN1C(=O)OC(C)(C)C. The van der Waals surface area contributed by atoms with Crippen LogP contribution in [0.2, 0.25) is 0 Å². The van der Waals surface area contributed by atoms with Crippen LogP contribution in [0.5, 0.6) is 0 Å². The van der Waals surface area contributed by atoms with E-state index in [2.05, 4.69) is 0 Å². The standard InChI is InChI=1S/C24H36BFN2O5/c1-16-15-27(11-12-28(16)21(30)31-22(2,3)4)20(29)14-17-9-10-19(26)18(13-17)25-32-23(5,6)24(7,8)33-25/h9-10,13,16H,11-12,14-15H2,1-8H3/t16-/m1/s1. The van der Waals surface area contributed by atoms with Crippen LogP contribution in [0.15, 0.2) is 18.2 Å². The van der Waals surface area contributed by atoms with E-state index >= 15 is 0 Å². The van der Waals surface area contributed by atoms with E-state index in [0.717, 1.165) is 0 Å². The molecule has 2 amide bonds. The van der Waals surface area contributed by atoms with Gasteiger partial charge >= 0.3 is 13.2 Å². The molecule has 7 nitrogen and oxygen atoms in total. The second-order valence-electron chi connectivity index (χ2n) is 11.0. The van der Waals surface area contributed by atoms with Gasteiger partial charge in [-0.25, -0.2) is 9.18 Å². The Balaban J connectivity index is 1.65. The smallest absolute Gasteiger partial charge is 0.444 e. The van der Waals surface area contributed by atoms with E-state index < -0.39 is 29.7 Å². The van der Waals surface area contributed by atoms with Gasteiger partial charge < -0.3 is 23.8 Å². The Kier molecular flexibility index (Phi) is 6.88. The Morgan fingerprint density at radius 1 is 1.15 bits per heavy atom. The molecular weight excluding hydrogens is 426 g/mol. The van der Waals surface area contributed by atoms with Crippen LogP contribution < -0.4 is 5.46 Å². The number of amides is 2. The normalized spacial score (nSPS) is 22.5. The summed E-state index contributed by atoms with van der Waals surface area (Å²) in [4.78, 5) is 28.8. The van der Waals surface area contributed by atoms with Crippen LogP contribution in [0.3, 0.4) is 0 Å². The van der Waals surface area contributed by atoms with E-state index in [1.165, 1.54) is 6.07 Å².